The zero-order chi connectivity index (χ0) is 36.4. The summed E-state index contributed by atoms with van der Waals surface area (Å²) in [6.45, 7) is 5.09. The van der Waals surface area contributed by atoms with Crippen LogP contribution in [0.3, 0.4) is 0 Å². The van der Waals surface area contributed by atoms with Crippen molar-refractivity contribution in [2.75, 3.05) is 0 Å². The van der Waals surface area contributed by atoms with Crippen molar-refractivity contribution in [2.45, 2.75) is 63.2 Å². The van der Waals surface area contributed by atoms with E-state index in [-0.39, 0.29) is 49.6 Å². The van der Waals surface area contributed by atoms with Gasteiger partial charge in [-0.25, -0.2) is 0 Å². The Bertz CT molecular complexity index is 2130. The van der Waals surface area contributed by atoms with Crippen LogP contribution in [0.15, 0.2) is 177 Å². The molecule has 4 aromatic rings. The fourth-order valence-electron chi connectivity index (χ4n) is 11.2. The molecule has 0 N–H and O–H groups in total. The summed E-state index contributed by atoms with van der Waals surface area (Å²) in [5, 5.41) is 0. The van der Waals surface area contributed by atoms with E-state index in [0.717, 1.165) is 37.3 Å². The van der Waals surface area contributed by atoms with Gasteiger partial charge < -0.3 is 49.6 Å². The van der Waals surface area contributed by atoms with Gasteiger partial charge in [0.1, 0.15) is 0 Å². The first kappa shape index (κ1) is 47.2. The summed E-state index contributed by atoms with van der Waals surface area (Å²) in [5.74, 6) is 3.82. The molecule has 5 unspecified atom stereocenters. The van der Waals surface area contributed by atoms with Crippen molar-refractivity contribution in [2.24, 2.45) is 23.7 Å². The van der Waals surface area contributed by atoms with E-state index in [2.05, 4.69) is 184 Å². The smallest absolute Gasteiger partial charge is 1.00 e. The summed E-state index contributed by atoms with van der Waals surface area (Å²) in [6, 6.07) is 40.5. The van der Waals surface area contributed by atoms with Gasteiger partial charge in [-0.3, -0.25) is 0 Å². The SMILES string of the molecule is C1=CC[C]([Zr](=[C](c2ccccc2)c2ccccc2)[CH]2c3ccccc3-c3ccccc32)=C1.C[CH](C)[Zr+4]([C]1=CC=CC1)[CH]1C2C=CC=CC2C2CCCCC21.[Cl-].[Cl-].[Cl-].[Cl-]. The zero-order valence-electron chi connectivity index (χ0n) is 33.5. The topological polar surface area (TPSA) is 0 Å². The molecule has 0 amide bonds. The van der Waals surface area contributed by atoms with Gasteiger partial charge in [0.2, 0.25) is 0 Å². The van der Waals surface area contributed by atoms with Gasteiger partial charge in [0, 0.05) is 0 Å². The number of benzene rings is 4. The minimum absolute atomic E-state index is 0. The molecule has 0 radical (unpaired) electrons. The molecule has 5 atom stereocenters. The van der Waals surface area contributed by atoms with Crippen LogP contribution in [-0.2, 0) is 43.0 Å². The maximum Gasteiger partial charge on any atom is -1.00 e. The van der Waals surface area contributed by atoms with Crippen molar-refractivity contribution < 1.29 is 92.6 Å². The predicted octanol–water partition coefficient (Wildman–Crippen LogP) is 1.75. The van der Waals surface area contributed by atoms with Gasteiger partial charge in [-0.05, 0) is 0 Å². The normalized spacial score (nSPS) is 22.4. The Morgan fingerprint density at radius 1 is 0.569 bits per heavy atom. The van der Waals surface area contributed by atoms with Crippen LogP contribution >= 0.6 is 0 Å². The summed E-state index contributed by atoms with van der Waals surface area (Å²) in [6.07, 6.45) is 32.6. The number of rotatable bonds is 7. The maximum absolute atomic E-state index is 2.61. The molecule has 58 heavy (non-hydrogen) atoms. The van der Waals surface area contributed by atoms with Crippen LogP contribution < -0.4 is 49.6 Å². The van der Waals surface area contributed by atoms with E-state index < -0.39 is 43.0 Å². The van der Waals surface area contributed by atoms with Gasteiger partial charge in [-0.15, -0.1) is 0 Å². The number of hydrogen-bond donors (Lipinski definition) is 0. The molecule has 0 aromatic heterocycles. The van der Waals surface area contributed by atoms with Gasteiger partial charge in [0.05, 0.1) is 0 Å². The van der Waals surface area contributed by atoms with Crippen LogP contribution in [0.1, 0.15) is 78.3 Å². The first-order chi connectivity index (χ1) is 26.7. The average Bonchev–Trinajstić information content (AvgIpc) is 4.06. The van der Waals surface area contributed by atoms with Gasteiger partial charge in [-0.2, -0.15) is 0 Å². The van der Waals surface area contributed by atoms with Crippen molar-refractivity contribution in [1.29, 1.82) is 0 Å². The number of halogens is 4. The third-order valence-corrected chi connectivity index (χ3v) is 31.1. The van der Waals surface area contributed by atoms with E-state index in [4.69, 9.17) is 0 Å². The van der Waals surface area contributed by atoms with Crippen LogP contribution in [0.5, 0.6) is 0 Å². The molecular formula is C52H53Cl4Zr2. The standard InChI is InChI=1S/C13H17.C13H9.C13H10.2C5H5.C3H7.4ClH.2Zr/c2*1-3-7-12-10(5-1)9-11-6-2-4-8-13(11)12;1-3-7-12(8-4-1)11-13-9-5-2-6-10-13;2*1-2-4-5-3-1;1-3-2;;;;;;/h1,3,5,7,9-13H,2,4,6,8H2;1-9H;1-10H;2*1-3H,4H2;3H,1-2H3;4*1H;;/q;;;;;;;;;;;+4/p-4. The molecular weight excluding hydrogens is 949 g/mol. The third-order valence-electron chi connectivity index (χ3n) is 13.2. The van der Waals surface area contributed by atoms with Gasteiger partial charge in [-0.1, -0.05) is 0 Å². The zero-order valence-corrected chi connectivity index (χ0v) is 41.4. The molecule has 10 rings (SSSR count). The van der Waals surface area contributed by atoms with Crippen LogP contribution in [-0.4, -0.2) is 3.21 Å². The first-order valence-corrected chi connectivity index (χ1v) is 28.6. The van der Waals surface area contributed by atoms with Gasteiger partial charge in [0.25, 0.3) is 0 Å². The van der Waals surface area contributed by atoms with E-state index in [1.165, 1.54) is 65.5 Å². The van der Waals surface area contributed by atoms with Crippen molar-refractivity contribution in [1.82, 2.24) is 0 Å². The van der Waals surface area contributed by atoms with Crippen LogP contribution in [0.25, 0.3) is 11.1 Å². The summed E-state index contributed by atoms with van der Waals surface area (Å²) >= 11 is -4.05. The molecule has 0 saturated heterocycles. The van der Waals surface area contributed by atoms with Crippen LogP contribution in [0.4, 0.5) is 0 Å². The molecule has 0 bridgehead atoms. The Hall–Kier alpha value is -1.88. The second-order valence-corrected chi connectivity index (χ2v) is 31.0. The summed E-state index contributed by atoms with van der Waals surface area (Å²) in [5.41, 5.74) is 8.70. The monoisotopic (exact) mass is 997 g/mol. The summed E-state index contributed by atoms with van der Waals surface area (Å²) in [4.78, 5) is 0. The minimum atomic E-state index is -2.47. The van der Waals surface area contributed by atoms with Gasteiger partial charge in [0.15, 0.2) is 0 Å². The number of hydrogen-bond acceptors (Lipinski definition) is 0. The maximum atomic E-state index is 2.61. The van der Waals surface area contributed by atoms with Crippen LogP contribution in [0.2, 0.25) is 7.25 Å². The first-order valence-electron chi connectivity index (χ1n) is 20.7. The predicted molar refractivity (Wildman–Crippen MR) is 223 cm³/mol. The second-order valence-electron chi connectivity index (χ2n) is 16.4. The largest absolute Gasteiger partial charge is 1.00 e. The molecule has 297 valence electrons. The van der Waals surface area contributed by atoms with Crippen molar-refractivity contribution >= 4 is 3.21 Å². The summed E-state index contributed by atoms with van der Waals surface area (Å²) < 4.78 is 7.73. The number of allylic oxidation sites excluding steroid dienone is 12. The van der Waals surface area contributed by atoms with E-state index in [1.54, 1.807) is 6.49 Å². The van der Waals surface area contributed by atoms with E-state index in [9.17, 15) is 0 Å². The summed E-state index contributed by atoms with van der Waals surface area (Å²) in [7, 11) is 0. The van der Waals surface area contributed by atoms with Gasteiger partial charge >= 0.3 is 343 Å². The van der Waals surface area contributed by atoms with E-state index in [0.29, 0.717) is 3.63 Å². The van der Waals surface area contributed by atoms with Crippen molar-refractivity contribution in [3.05, 3.63) is 199 Å². The molecule has 0 aliphatic heterocycles. The quantitative estimate of drug-likeness (QED) is 0.265. The average molecular weight is 1000 g/mol. The Morgan fingerprint density at radius 2 is 1.09 bits per heavy atom. The Kier molecular flexibility index (Phi) is 17.7. The Balaban J connectivity index is 0.000000219. The molecule has 2 saturated carbocycles. The molecule has 6 aliphatic carbocycles. The molecule has 0 nitrogen and oxygen atoms in total. The van der Waals surface area contributed by atoms with Crippen LogP contribution in [0, 0.1) is 23.7 Å². The van der Waals surface area contributed by atoms with Crippen molar-refractivity contribution in [3.8, 4) is 11.1 Å². The van der Waals surface area contributed by atoms with E-state index >= 15 is 0 Å². The Morgan fingerprint density at radius 3 is 1.62 bits per heavy atom. The molecule has 0 heterocycles. The molecule has 4 aromatic carbocycles. The fraction of sp³-hybridized carbons (Fsp3) is 0.288. The molecule has 6 heteroatoms. The second kappa shape index (κ2) is 21.8. The molecule has 2 fully saturated rings. The third kappa shape index (κ3) is 9.30. The Labute approximate surface area is 388 Å². The number of fused-ring (bicyclic) bond motifs is 6. The molecule has 6 aliphatic rings. The fourth-order valence-corrected chi connectivity index (χ4v) is 30.6. The molecule has 0 spiro atoms. The van der Waals surface area contributed by atoms with Crippen molar-refractivity contribution in [3.63, 3.8) is 0 Å². The minimum Gasteiger partial charge on any atom is -1.00 e. The van der Waals surface area contributed by atoms with E-state index in [1.807, 2.05) is 3.28 Å².